The van der Waals surface area contributed by atoms with E-state index in [0.29, 0.717) is 15.5 Å². The lowest BCUT2D eigenvalue weighted by molar-refractivity contribution is 0.205. The number of amidine groups is 1. The summed E-state index contributed by atoms with van der Waals surface area (Å²) in [6.07, 6.45) is 0.291. The highest BCUT2D eigenvalue weighted by Crippen LogP contribution is 2.38. The minimum absolute atomic E-state index is 0.0618. The Kier molecular flexibility index (Phi) is 5.96. The van der Waals surface area contributed by atoms with Crippen molar-refractivity contribution in [3.05, 3.63) is 59.5 Å². The van der Waals surface area contributed by atoms with Crippen molar-refractivity contribution < 1.29 is 18.3 Å². The summed E-state index contributed by atoms with van der Waals surface area (Å²) in [7, 11) is -3.88. The van der Waals surface area contributed by atoms with E-state index in [0.717, 1.165) is 16.9 Å². The number of amides is 1. The first-order valence-corrected chi connectivity index (χ1v) is 11.7. The number of benzene rings is 2. The van der Waals surface area contributed by atoms with Crippen molar-refractivity contribution in [2.24, 2.45) is 10.7 Å². The Labute approximate surface area is 176 Å². The minimum atomic E-state index is -3.88. The van der Waals surface area contributed by atoms with Crippen molar-refractivity contribution in [1.82, 2.24) is 0 Å². The van der Waals surface area contributed by atoms with Gasteiger partial charge in [-0.3, -0.25) is 0 Å². The SMILES string of the molecule is CSc1sc(/C(N)=N\C(=O)O)cc1S(=O)(=O)c1cccc(-c2ccccc2N)c1. The van der Waals surface area contributed by atoms with Gasteiger partial charge in [-0.2, -0.15) is 4.99 Å². The molecular weight excluding hydrogens is 430 g/mol. The molecule has 0 unspecified atom stereocenters. The van der Waals surface area contributed by atoms with E-state index < -0.39 is 15.9 Å². The van der Waals surface area contributed by atoms with Crippen molar-refractivity contribution in [3.8, 4) is 11.1 Å². The molecule has 1 aromatic heterocycles. The fourth-order valence-corrected chi connectivity index (χ4v) is 6.63. The number of para-hydroxylation sites is 1. The molecule has 150 valence electrons. The average molecular weight is 448 g/mol. The van der Waals surface area contributed by atoms with Crippen LogP contribution in [-0.4, -0.2) is 31.7 Å². The number of carboxylic acid groups (broad SMARTS) is 1. The van der Waals surface area contributed by atoms with E-state index in [-0.39, 0.29) is 20.5 Å². The Morgan fingerprint density at radius 1 is 1.14 bits per heavy atom. The summed E-state index contributed by atoms with van der Waals surface area (Å²) in [6, 6.07) is 15.1. The van der Waals surface area contributed by atoms with Gasteiger partial charge in [0.1, 0.15) is 5.84 Å². The van der Waals surface area contributed by atoms with Crippen molar-refractivity contribution in [2.45, 2.75) is 14.0 Å². The molecule has 0 saturated carbocycles. The summed E-state index contributed by atoms with van der Waals surface area (Å²) < 4.78 is 27.1. The number of thiophene rings is 1. The lowest BCUT2D eigenvalue weighted by atomic mass is 10.0. The van der Waals surface area contributed by atoms with Crippen LogP contribution >= 0.6 is 23.1 Å². The molecular formula is C19H17N3O4S3. The van der Waals surface area contributed by atoms with Crippen LogP contribution in [0, 0.1) is 0 Å². The molecule has 2 aromatic carbocycles. The Bertz CT molecular complexity index is 1220. The van der Waals surface area contributed by atoms with Crippen LogP contribution in [0.15, 0.2) is 73.6 Å². The second-order valence-corrected chi connectivity index (χ2v) is 9.91. The van der Waals surface area contributed by atoms with E-state index in [2.05, 4.69) is 4.99 Å². The molecule has 0 aliphatic rings. The van der Waals surface area contributed by atoms with E-state index in [1.807, 2.05) is 12.1 Å². The van der Waals surface area contributed by atoms with Gasteiger partial charge in [0.2, 0.25) is 9.84 Å². The normalized spacial score (nSPS) is 12.1. The maximum absolute atomic E-state index is 13.3. The molecule has 29 heavy (non-hydrogen) atoms. The van der Waals surface area contributed by atoms with E-state index in [1.165, 1.54) is 23.9 Å². The lowest BCUT2D eigenvalue weighted by Gasteiger charge is -2.09. The molecule has 0 spiro atoms. The zero-order chi connectivity index (χ0) is 21.2. The third-order valence-corrected chi connectivity index (χ3v) is 8.35. The monoisotopic (exact) mass is 447 g/mol. The summed E-state index contributed by atoms with van der Waals surface area (Å²) in [5, 5.41) is 8.78. The smallest absolute Gasteiger partial charge is 0.433 e. The summed E-state index contributed by atoms with van der Waals surface area (Å²) in [5.74, 6) is -0.245. The highest BCUT2D eigenvalue weighted by Gasteiger charge is 2.25. The number of nitrogens with two attached hydrogens (primary N) is 2. The zero-order valence-corrected chi connectivity index (χ0v) is 17.6. The van der Waals surface area contributed by atoms with Crippen LogP contribution in [0.2, 0.25) is 0 Å². The van der Waals surface area contributed by atoms with E-state index in [4.69, 9.17) is 16.6 Å². The maximum atomic E-state index is 13.3. The number of carbonyl (C=O) groups is 1. The molecule has 1 amide bonds. The van der Waals surface area contributed by atoms with Crippen molar-refractivity contribution in [1.29, 1.82) is 0 Å². The standard InChI is InChI=1S/C19H17N3O4S3/c1-27-18-16(10-15(28-18)17(21)22-19(23)24)29(25,26)12-6-4-5-11(9-12)13-7-2-3-8-14(13)20/h2-10H,20H2,1H3,(H2,21,22)(H,23,24). The number of sulfone groups is 1. The minimum Gasteiger partial charge on any atom is -0.463 e. The predicted octanol–water partition coefficient (Wildman–Crippen LogP) is 3.94. The molecule has 3 aromatic rings. The van der Waals surface area contributed by atoms with Crippen LogP contribution in [0.4, 0.5) is 10.5 Å². The van der Waals surface area contributed by atoms with Gasteiger partial charge < -0.3 is 16.6 Å². The lowest BCUT2D eigenvalue weighted by Crippen LogP contribution is -2.13. The molecule has 10 heteroatoms. The van der Waals surface area contributed by atoms with Gasteiger partial charge in [0.15, 0.2) is 0 Å². The van der Waals surface area contributed by atoms with Gasteiger partial charge in [-0.15, -0.1) is 23.1 Å². The number of anilines is 1. The topological polar surface area (TPSA) is 136 Å². The van der Waals surface area contributed by atoms with Crippen LogP contribution in [0.25, 0.3) is 11.1 Å². The van der Waals surface area contributed by atoms with Crippen LogP contribution < -0.4 is 11.5 Å². The highest BCUT2D eigenvalue weighted by atomic mass is 32.2. The summed E-state index contributed by atoms with van der Waals surface area (Å²) >= 11 is 2.32. The maximum Gasteiger partial charge on any atom is 0.433 e. The second-order valence-electron chi connectivity index (χ2n) is 5.86. The van der Waals surface area contributed by atoms with Crippen LogP contribution in [0.1, 0.15) is 4.88 Å². The summed E-state index contributed by atoms with van der Waals surface area (Å²) in [5.41, 5.74) is 13.7. The van der Waals surface area contributed by atoms with Gasteiger partial charge in [0.25, 0.3) is 0 Å². The molecule has 0 bridgehead atoms. The Hall–Kier alpha value is -2.82. The predicted molar refractivity (Wildman–Crippen MR) is 117 cm³/mol. The van der Waals surface area contributed by atoms with Crippen molar-refractivity contribution in [3.63, 3.8) is 0 Å². The molecule has 0 atom stereocenters. The van der Waals surface area contributed by atoms with Crippen LogP contribution in [-0.2, 0) is 9.84 Å². The molecule has 0 saturated heterocycles. The third kappa shape index (κ3) is 4.29. The van der Waals surface area contributed by atoms with Crippen molar-refractivity contribution >= 4 is 50.6 Å². The number of nitrogen functional groups attached to an aromatic ring is 1. The van der Waals surface area contributed by atoms with E-state index >= 15 is 0 Å². The largest absolute Gasteiger partial charge is 0.463 e. The molecule has 0 aliphatic carbocycles. The second kappa shape index (κ2) is 8.27. The fourth-order valence-electron chi connectivity index (χ4n) is 2.69. The van der Waals surface area contributed by atoms with Gasteiger partial charge in [-0.25, -0.2) is 13.2 Å². The Morgan fingerprint density at radius 3 is 2.52 bits per heavy atom. The number of thioether (sulfide) groups is 1. The molecule has 5 N–H and O–H groups in total. The van der Waals surface area contributed by atoms with Gasteiger partial charge in [0, 0.05) is 11.3 Å². The molecule has 0 radical (unpaired) electrons. The fraction of sp³-hybridized carbons (Fsp3) is 0.0526. The average Bonchev–Trinajstić information content (AvgIpc) is 3.13. The quantitative estimate of drug-likeness (QED) is 0.233. The van der Waals surface area contributed by atoms with E-state index in [9.17, 15) is 13.2 Å². The number of rotatable bonds is 5. The first-order chi connectivity index (χ1) is 13.7. The first-order valence-electron chi connectivity index (χ1n) is 8.19. The van der Waals surface area contributed by atoms with Crippen LogP contribution in [0.3, 0.4) is 0 Å². The Morgan fingerprint density at radius 2 is 1.86 bits per heavy atom. The van der Waals surface area contributed by atoms with Gasteiger partial charge in [-0.05, 0) is 36.1 Å². The van der Waals surface area contributed by atoms with E-state index in [1.54, 1.807) is 36.6 Å². The first kappa shape index (κ1) is 20.9. The Balaban J connectivity index is 2.11. The van der Waals surface area contributed by atoms with Gasteiger partial charge >= 0.3 is 6.09 Å². The number of nitrogens with zero attached hydrogens (tertiary/aromatic N) is 1. The number of hydrogen-bond donors (Lipinski definition) is 3. The number of hydrogen-bond acceptors (Lipinski definition) is 6. The van der Waals surface area contributed by atoms with Gasteiger partial charge in [0.05, 0.1) is 18.9 Å². The third-order valence-electron chi connectivity index (χ3n) is 4.03. The summed E-state index contributed by atoms with van der Waals surface area (Å²) in [4.78, 5) is 14.5. The summed E-state index contributed by atoms with van der Waals surface area (Å²) in [6.45, 7) is 0. The van der Waals surface area contributed by atoms with Gasteiger partial charge in [-0.1, -0.05) is 30.3 Å². The number of aliphatic imine (C=N–C) groups is 1. The molecule has 0 fully saturated rings. The zero-order valence-electron chi connectivity index (χ0n) is 15.2. The molecule has 3 rings (SSSR count). The molecule has 1 heterocycles. The highest BCUT2D eigenvalue weighted by molar-refractivity contribution is 8.01. The molecule has 7 nitrogen and oxygen atoms in total. The molecule has 0 aliphatic heterocycles. The van der Waals surface area contributed by atoms with Crippen LogP contribution in [0.5, 0.6) is 0 Å². The van der Waals surface area contributed by atoms with Crippen molar-refractivity contribution in [2.75, 3.05) is 12.0 Å².